The Hall–Kier alpha value is -3.05. The third kappa shape index (κ3) is 3.94. The van der Waals surface area contributed by atoms with Gasteiger partial charge < -0.3 is 14.7 Å². The van der Waals surface area contributed by atoms with Crippen LogP contribution in [0.3, 0.4) is 0 Å². The molecule has 3 atom stereocenters. The number of nitrogens with one attached hydrogen (secondary N) is 1. The number of hydrogen-bond acceptors (Lipinski definition) is 8. The normalized spacial score (nSPS) is 25.1. The van der Waals surface area contributed by atoms with Gasteiger partial charge in [0.2, 0.25) is 0 Å². The molecule has 2 fully saturated rings. The van der Waals surface area contributed by atoms with Gasteiger partial charge in [0.25, 0.3) is 17.4 Å². The molecule has 0 aliphatic carbocycles. The van der Waals surface area contributed by atoms with Gasteiger partial charge in [-0.25, -0.2) is 9.59 Å². The van der Waals surface area contributed by atoms with Crippen molar-refractivity contribution >= 4 is 23.9 Å². The van der Waals surface area contributed by atoms with Crippen molar-refractivity contribution < 1.29 is 29.1 Å². The van der Waals surface area contributed by atoms with E-state index in [1.165, 1.54) is 6.20 Å². The molecule has 2 aliphatic rings. The molecule has 2 N–H and O–H groups in total. The number of ether oxygens (including phenoxy) is 1. The lowest BCUT2D eigenvalue weighted by atomic mass is 10.1. The average Bonchev–Trinajstić information content (AvgIpc) is 3.17. The molecule has 11 heteroatoms. The van der Waals surface area contributed by atoms with Crippen LogP contribution in [0.15, 0.2) is 21.9 Å². The first-order chi connectivity index (χ1) is 13.3. The second kappa shape index (κ2) is 7.90. The van der Waals surface area contributed by atoms with Crippen molar-refractivity contribution in [1.29, 1.82) is 0 Å². The zero-order valence-corrected chi connectivity index (χ0v) is 15.0. The number of aromatic nitrogens is 2. The molecule has 2 saturated heterocycles. The Labute approximate surface area is 158 Å². The van der Waals surface area contributed by atoms with E-state index in [0.717, 1.165) is 16.7 Å². The summed E-state index contributed by atoms with van der Waals surface area (Å²) in [5.74, 6) is -2.28. The Kier molecular flexibility index (Phi) is 5.56. The number of carbonyl (C=O) groups excluding carboxylic acids is 3. The van der Waals surface area contributed by atoms with Crippen LogP contribution in [0.2, 0.25) is 0 Å². The molecule has 3 unspecified atom stereocenters. The van der Waals surface area contributed by atoms with Crippen LogP contribution in [0.4, 0.5) is 0 Å². The predicted octanol–water partition coefficient (Wildman–Crippen LogP) is -0.785. The first-order valence-corrected chi connectivity index (χ1v) is 8.75. The van der Waals surface area contributed by atoms with Gasteiger partial charge in [0.05, 0.1) is 17.8 Å². The molecular formula is C17H19N3O8. The molecule has 0 bridgehead atoms. The maximum atomic E-state index is 12.1. The van der Waals surface area contributed by atoms with Gasteiger partial charge in [0.1, 0.15) is 6.23 Å². The number of rotatable bonds is 5. The van der Waals surface area contributed by atoms with Crippen LogP contribution in [-0.4, -0.2) is 49.7 Å². The molecule has 150 valence electrons. The van der Waals surface area contributed by atoms with E-state index in [-0.39, 0.29) is 24.8 Å². The number of amides is 2. The largest absolute Gasteiger partial charge is 0.390 e. The van der Waals surface area contributed by atoms with Crippen LogP contribution < -0.4 is 11.2 Å². The number of hydrogen-bond donors (Lipinski definition) is 2. The summed E-state index contributed by atoms with van der Waals surface area (Å²) in [6, 6.07) is 0. The zero-order valence-electron chi connectivity index (χ0n) is 15.0. The molecule has 0 saturated carbocycles. The first-order valence-electron chi connectivity index (χ1n) is 8.75. The smallest absolute Gasteiger partial charge is 0.356 e. The Bertz CT molecular complexity index is 930. The second-order valence-corrected chi connectivity index (χ2v) is 6.42. The van der Waals surface area contributed by atoms with Crippen LogP contribution in [-0.2, 0) is 24.0 Å². The number of aromatic amines is 1. The van der Waals surface area contributed by atoms with Crippen LogP contribution in [0.25, 0.3) is 6.08 Å². The number of aliphatic hydroxyl groups is 1. The number of carbonyl (C=O) groups is 3. The highest BCUT2D eigenvalue weighted by molar-refractivity contribution is 6.02. The SMILES string of the molecule is CCC1OC(n2cc(/C=C/C(=O)ON3C(=O)CCC3=O)c(=O)[nH]c2=O)CC1O. The number of aliphatic hydroxyl groups excluding tert-OH is 1. The Morgan fingerprint density at radius 3 is 2.61 bits per heavy atom. The molecule has 2 amide bonds. The summed E-state index contributed by atoms with van der Waals surface area (Å²) in [4.78, 5) is 65.5. The van der Waals surface area contributed by atoms with Gasteiger partial charge in [-0.15, -0.1) is 5.06 Å². The summed E-state index contributed by atoms with van der Waals surface area (Å²) in [6.45, 7) is 1.83. The third-order valence-electron chi connectivity index (χ3n) is 4.50. The quantitative estimate of drug-likeness (QED) is 0.489. The number of H-pyrrole nitrogens is 1. The monoisotopic (exact) mass is 393 g/mol. The highest BCUT2D eigenvalue weighted by atomic mass is 16.7. The van der Waals surface area contributed by atoms with E-state index in [4.69, 9.17) is 4.74 Å². The number of nitrogens with zero attached hydrogens (tertiary/aromatic N) is 2. The molecule has 11 nitrogen and oxygen atoms in total. The lowest BCUT2D eigenvalue weighted by Gasteiger charge is -2.15. The van der Waals surface area contributed by atoms with Crippen LogP contribution in [0.5, 0.6) is 0 Å². The number of imide groups is 1. The van der Waals surface area contributed by atoms with Crippen molar-refractivity contribution in [3.63, 3.8) is 0 Å². The van der Waals surface area contributed by atoms with E-state index in [2.05, 4.69) is 9.82 Å². The summed E-state index contributed by atoms with van der Waals surface area (Å²) < 4.78 is 6.74. The Morgan fingerprint density at radius 2 is 2.00 bits per heavy atom. The van der Waals surface area contributed by atoms with E-state index in [1.807, 2.05) is 6.92 Å². The van der Waals surface area contributed by atoms with Crippen LogP contribution in [0, 0.1) is 0 Å². The lowest BCUT2D eigenvalue weighted by Crippen LogP contribution is -2.33. The van der Waals surface area contributed by atoms with Crippen molar-refractivity contribution in [3.8, 4) is 0 Å². The molecule has 28 heavy (non-hydrogen) atoms. The fourth-order valence-electron chi connectivity index (χ4n) is 3.02. The molecule has 1 aromatic rings. The first kappa shape index (κ1) is 19.7. The molecule has 0 aromatic carbocycles. The summed E-state index contributed by atoms with van der Waals surface area (Å²) in [7, 11) is 0. The van der Waals surface area contributed by atoms with Gasteiger partial charge in [-0.2, -0.15) is 0 Å². The van der Waals surface area contributed by atoms with E-state index in [0.29, 0.717) is 11.5 Å². The number of hydroxylamine groups is 2. The topological polar surface area (TPSA) is 148 Å². The van der Waals surface area contributed by atoms with Gasteiger partial charge in [0, 0.05) is 31.5 Å². The van der Waals surface area contributed by atoms with Gasteiger partial charge in [-0.3, -0.25) is 23.9 Å². The van der Waals surface area contributed by atoms with E-state index in [9.17, 15) is 29.1 Å². The van der Waals surface area contributed by atoms with Crippen LogP contribution >= 0.6 is 0 Å². The Morgan fingerprint density at radius 1 is 1.32 bits per heavy atom. The van der Waals surface area contributed by atoms with Gasteiger partial charge in [-0.05, 0) is 12.5 Å². The van der Waals surface area contributed by atoms with Crippen LogP contribution in [0.1, 0.15) is 44.4 Å². The average molecular weight is 393 g/mol. The molecule has 2 aliphatic heterocycles. The van der Waals surface area contributed by atoms with Crippen molar-refractivity contribution in [2.24, 2.45) is 0 Å². The van der Waals surface area contributed by atoms with E-state index >= 15 is 0 Å². The summed E-state index contributed by atoms with van der Waals surface area (Å²) in [5, 5.41) is 10.3. The minimum absolute atomic E-state index is 0.0353. The maximum Gasteiger partial charge on any atom is 0.356 e. The predicted molar refractivity (Wildman–Crippen MR) is 92.4 cm³/mol. The Balaban J connectivity index is 1.77. The zero-order chi connectivity index (χ0) is 20.4. The van der Waals surface area contributed by atoms with E-state index < -0.39 is 47.5 Å². The van der Waals surface area contributed by atoms with Crippen molar-refractivity contribution in [1.82, 2.24) is 14.6 Å². The fraction of sp³-hybridized carbons (Fsp3) is 0.471. The standard InChI is InChI=1S/C17H19N3O8/c1-2-11-10(21)7-14(27-11)19-8-9(16(25)18-17(19)26)3-6-15(24)28-20-12(22)4-5-13(20)23/h3,6,8,10-11,14,21H,2,4-5,7H2,1H3,(H,18,25,26)/b6-3+. The summed E-state index contributed by atoms with van der Waals surface area (Å²) >= 11 is 0. The summed E-state index contributed by atoms with van der Waals surface area (Å²) in [5.41, 5.74) is -1.51. The second-order valence-electron chi connectivity index (χ2n) is 6.42. The highest BCUT2D eigenvalue weighted by Crippen LogP contribution is 2.29. The minimum Gasteiger partial charge on any atom is -0.390 e. The fourth-order valence-corrected chi connectivity index (χ4v) is 3.02. The van der Waals surface area contributed by atoms with Gasteiger partial charge in [-0.1, -0.05) is 6.92 Å². The molecule has 0 spiro atoms. The lowest BCUT2D eigenvalue weighted by molar-refractivity contribution is -0.193. The minimum atomic E-state index is -1.03. The van der Waals surface area contributed by atoms with Crippen molar-refractivity contribution in [2.75, 3.05) is 0 Å². The summed E-state index contributed by atoms with van der Waals surface area (Å²) in [6.07, 6.45) is 1.89. The maximum absolute atomic E-state index is 12.1. The van der Waals surface area contributed by atoms with Gasteiger partial charge >= 0.3 is 11.7 Å². The molecular weight excluding hydrogens is 374 g/mol. The highest BCUT2D eigenvalue weighted by Gasteiger charge is 2.34. The molecule has 1 aromatic heterocycles. The molecule has 3 heterocycles. The van der Waals surface area contributed by atoms with Gasteiger partial charge in [0.15, 0.2) is 0 Å². The molecule has 3 rings (SSSR count). The van der Waals surface area contributed by atoms with E-state index in [1.54, 1.807) is 0 Å². The third-order valence-corrected chi connectivity index (χ3v) is 4.50. The van der Waals surface area contributed by atoms with Crippen molar-refractivity contribution in [2.45, 2.75) is 51.0 Å². The van der Waals surface area contributed by atoms with Crippen molar-refractivity contribution in [3.05, 3.63) is 38.7 Å². The molecule has 0 radical (unpaired) electrons.